The predicted octanol–water partition coefficient (Wildman–Crippen LogP) is 5.77. The second kappa shape index (κ2) is 12.1. The third kappa shape index (κ3) is 10.3. The largest absolute Gasteiger partial charge is 0.0654 e. The van der Waals surface area contributed by atoms with Crippen molar-refractivity contribution in [3.05, 3.63) is 6.92 Å². The van der Waals surface area contributed by atoms with Crippen LogP contribution in [0.3, 0.4) is 0 Å². The van der Waals surface area contributed by atoms with E-state index >= 15 is 0 Å². The van der Waals surface area contributed by atoms with Gasteiger partial charge in [0.1, 0.15) is 0 Å². The van der Waals surface area contributed by atoms with Crippen molar-refractivity contribution >= 4 is 0 Å². The zero-order valence-electron chi connectivity index (χ0n) is 11.1. The summed E-state index contributed by atoms with van der Waals surface area (Å²) in [5.41, 5.74) is 0. The predicted molar refractivity (Wildman–Crippen MR) is 71.0 cm³/mol. The minimum atomic E-state index is 0.913. The first-order chi connectivity index (χ1) is 7.35. The molecule has 1 unspecified atom stereocenters. The lowest BCUT2D eigenvalue weighted by Crippen LogP contribution is -1.98. The molecule has 1 radical (unpaired) electrons. The summed E-state index contributed by atoms with van der Waals surface area (Å²) in [6, 6.07) is 0. The molecule has 0 aromatic rings. The molecule has 0 aromatic heterocycles. The van der Waals surface area contributed by atoms with Crippen LogP contribution in [0.25, 0.3) is 0 Å². The molecule has 0 spiro atoms. The van der Waals surface area contributed by atoms with E-state index in [-0.39, 0.29) is 0 Å². The zero-order valence-corrected chi connectivity index (χ0v) is 11.1. The second-order valence-corrected chi connectivity index (χ2v) is 4.85. The maximum Gasteiger partial charge on any atom is -0.0414 e. The van der Waals surface area contributed by atoms with E-state index in [1.165, 1.54) is 64.2 Å². The lowest BCUT2D eigenvalue weighted by Gasteiger charge is -2.13. The zero-order chi connectivity index (χ0) is 11.4. The van der Waals surface area contributed by atoms with Gasteiger partial charge in [0.15, 0.2) is 0 Å². The molecule has 0 N–H and O–H groups in total. The Labute approximate surface area is 97.8 Å². The average molecular weight is 211 g/mol. The van der Waals surface area contributed by atoms with Gasteiger partial charge < -0.3 is 0 Å². The molecule has 0 aliphatic carbocycles. The lowest BCUT2D eigenvalue weighted by atomic mass is 9.93. The van der Waals surface area contributed by atoms with Crippen molar-refractivity contribution in [3.8, 4) is 0 Å². The summed E-state index contributed by atoms with van der Waals surface area (Å²) in [5.74, 6) is 0.913. The highest BCUT2D eigenvalue weighted by Crippen LogP contribution is 2.20. The monoisotopic (exact) mass is 211 g/mol. The minimum Gasteiger partial charge on any atom is -0.0654 e. The first kappa shape index (κ1) is 15.0. The Kier molecular flexibility index (Phi) is 12.1. The lowest BCUT2D eigenvalue weighted by molar-refractivity contribution is 0.413. The second-order valence-electron chi connectivity index (χ2n) is 4.85. The van der Waals surface area contributed by atoms with Crippen LogP contribution in [0.1, 0.15) is 84.5 Å². The van der Waals surface area contributed by atoms with Crippen molar-refractivity contribution in [1.82, 2.24) is 0 Å². The molecule has 0 saturated heterocycles. The van der Waals surface area contributed by atoms with Crippen LogP contribution in [0, 0.1) is 12.8 Å². The summed E-state index contributed by atoms with van der Waals surface area (Å²) in [6.45, 7) is 8.63. The summed E-state index contributed by atoms with van der Waals surface area (Å²) in [4.78, 5) is 0. The van der Waals surface area contributed by atoms with Crippen LogP contribution in [0.15, 0.2) is 0 Å². The third-order valence-corrected chi connectivity index (χ3v) is 3.34. The molecule has 0 heteroatoms. The molecule has 91 valence electrons. The van der Waals surface area contributed by atoms with Crippen molar-refractivity contribution in [2.45, 2.75) is 84.5 Å². The van der Waals surface area contributed by atoms with Gasteiger partial charge in [-0.3, -0.25) is 0 Å². The van der Waals surface area contributed by atoms with Crippen LogP contribution in [-0.2, 0) is 0 Å². The van der Waals surface area contributed by atoms with Crippen molar-refractivity contribution in [1.29, 1.82) is 0 Å². The summed E-state index contributed by atoms with van der Waals surface area (Å²) < 4.78 is 0. The Morgan fingerprint density at radius 2 is 1.27 bits per heavy atom. The van der Waals surface area contributed by atoms with Crippen LogP contribution in [0.5, 0.6) is 0 Å². The van der Waals surface area contributed by atoms with Gasteiger partial charge in [-0.1, -0.05) is 91.4 Å². The van der Waals surface area contributed by atoms with E-state index in [1.54, 1.807) is 0 Å². The van der Waals surface area contributed by atoms with Crippen LogP contribution in [-0.4, -0.2) is 0 Å². The normalized spacial score (nSPS) is 13.0. The molecule has 0 aromatic carbocycles. The minimum absolute atomic E-state index is 0.913. The van der Waals surface area contributed by atoms with Crippen LogP contribution < -0.4 is 0 Å². The number of unbranched alkanes of at least 4 members (excludes halogenated alkanes) is 6. The Morgan fingerprint density at radius 3 is 1.87 bits per heavy atom. The highest BCUT2D eigenvalue weighted by molar-refractivity contribution is 4.61. The fourth-order valence-electron chi connectivity index (χ4n) is 2.14. The van der Waals surface area contributed by atoms with E-state index in [2.05, 4.69) is 20.8 Å². The van der Waals surface area contributed by atoms with Gasteiger partial charge in [0.05, 0.1) is 0 Å². The molecular formula is C15H31. The molecule has 0 aliphatic rings. The Hall–Kier alpha value is 0. The maximum absolute atomic E-state index is 4.07. The van der Waals surface area contributed by atoms with E-state index < -0.39 is 0 Å². The molecule has 0 bridgehead atoms. The van der Waals surface area contributed by atoms with Gasteiger partial charge in [-0.05, 0) is 5.92 Å². The third-order valence-electron chi connectivity index (χ3n) is 3.34. The van der Waals surface area contributed by atoms with Gasteiger partial charge in [0.2, 0.25) is 0 Å². The fourth-order valence-corrected chi connectivity index (χ4v) is 2.14. The number of hydrogen-bond donors (Lipinski definition) is 0. The van der Waals surface area contributed by atoms with E-state index in [0.29, 0.717) is 0 Å². The van der Waals surface area contributed by atoms with Crippen LogP contribution in [0.2, 0.25) is 0 Å². The molecule has 0 rings (SSSR count). The van der Waals surface area contributed by atoms with Crippen molar-refractivity contribution in [3.63, 3.8) is 0 Å². The Balaban J connectivity index is 3.22. The maximum atomic E-state index is 4.07. The van der Waals surface area contributed by atoms with E-state index in [0.717, 1.165) is 12.3 Å². The summed E-state index contributed by atoms with van der Waals surface area (Å²) in [5, 5.41) is 0. The quantitative estimate of drug-likeness (QED) is 0.381. The Morgan fingerprint density at radius 1 is 0.733 bits per heavy atom. The van der Waals surface area contributed by atoms with Gasteiger partial charge in [0, 0.05) is 0 Å². The summed E-state index contributed by atoms with van der Waals surface area (Å²) in [7, 11) is 0. The molecule has 0 amide bonds. The molecular weight excluding hydrogens is 180 g/mol. The fraction of sp³-hybridized carbons (Fsp3) is 0.933. The summed E-state index contributed by atoms with van der Waals surface area (Å²) in [6.07, 6.45) is 15.3. The van der Waals surface area contributed by atoms with Gasteiger partial charge in [-0.25, -0.2) is 0 Å². The van der Waals surface area contributed by atoms with Crippen LogP contribution >= 0.6 is 0 Å². The molecule has 0 aliphatic heterocycles. The first-order valence-corrected chi connectivity index (χ1v) is 7.14. The van der Waals surface area contributed by atoms with Crippen molar-refractivity contribution in [2.24, 2.45) is 5.92 Å². The van der Waals surface area contributed by atoms with Crippen LogP contribution in [0.4, 0.5) is 0 Å². The first-order valence-electron chi connectivity index (χ1n) is 7.14. The number of rotatable bonds is 11. The summed E-state index contributed by atoms with van der Waals surface area (Å²) >= 11 is 0. The highest BCUT2D eigenvalue weighted by atomic mass is 14.1. The van der Waals surface area contributed by atoms with Gasteiger partial charge in [-0.2, -0.15) is 0 Å². The van der Waals surface area contributed by atoms with Gasteiger partial charge >= 0.3 is 0 Å². The van der Waals surface area contributed by atoms with Gasteiger partial charge in [-0.15, -0.1) is 0 Å². The smallest absolute Gasteiger partial charge is 0.0414 e. The Bertz CT molecular complexity index is 107. The average Bonchev–Trinajstić information content (AvgIpc) is 2.27. The van der Waals surface area contributed by atoms with Gasteiger partial charge in [0.25, 0.3) is 0 Å². The standard InChI is InChI=1S/C15H31/c1-4-7-9-10-11-12-14-15(6-3)13-8-5-2/h15H,3-14H2,1-2H3. The molecule has 0 heterocycles. The molecule has 15 heavy (non-hydrogen) atoms. The molecule has 0 saturated carbocycles. The molecule has 0 fully saturated rings. The number of hydrogen-bond acceptors (Lipinski definition) is 0. The van der Waals surface area contributed by atoms with Crippen molar-refractivity contribution in [2.75, 3.05) is 0 Å². The van der Waals surface area contributed by atoms with E-state index in [9.17, 15) is 0 Å². The van der Waals surface area contributed by atoms with E-state index in [4.69, 9.17) is 0 Å². The molecule has 1 atom stereocenters. The van der Waals surface area contributed by atoms with Crippen molar-refractivity contribution < 1.29 is 0 Å². The SMILES string of the molecule is [CH2]CC(CCCC)CCCCCCCC. The highest BCUT2D eigenvalue weighted by Gasteiger charge is 2.04. The van der Waals surface area contributed by atoms with E-state index in [1.807, 2.05) is 0 Å². The topological polar surface area (TPSA) is 0 Å². The molecule has 0 nitrogen and oxygen atoms in total.